The van der Waals surface area contributed by atoms with E-state index in [9.17, 15) is 4.79 Å². The number of para-hydroxylation sites is 1. The summed E-state index contributed by atoms with van der Waals surface area (Å²) in [7, 11) is 3.67. The fourth-order valence-electron chi connectivity index (χ4n) is 3.19. The molecule has 4 heteroatoms. The normalized spacial score (nSPS) is 19.8. The minimum absolute atomic E-state index is 0.280. The van der Waals surface area contributed by atoms with Crippen LogP contribution >= 0.6 is 0 Å². The summed E-state index contributed by atoms with van der Waals surface area (Å²) in [6.45, 7) is 3.89. The van der Waals surface area contributed by atoms with Crippen molar-refractivity contribution in [3.05, 3.63) is 29.8 Å². The lowest BCUT2D eigenvalue weighted by molar-refractivity contribution is -0.133. The van der Waals surface area contributed by atoms with E-state index < -0.39 is 0 Å². The Morgan fingerprint density at radius 1 is 1.45 bits per heavy atom. The predicted molar refractivity (Wildman–Crippen MR) is 89.1 cm³/mol. The van der Waals surface area contributed by atoms with Crippen LogP contribution < -0.4 is 10.1 Å². The minimum Gasteiger partial charge on any atom is -0.496 e. The molecule has 1 saturated heterocycles. The molecule has 122 valence electrons. The SMILES string of the molecule is CNC1CCCN(C(=O)CC(C)Cc2ccccc2OC)C1. The molecule has 1 aliphatic rings. The molecular formula is C18H28N2O2. The molecule has 2 unspecified atom stereocenters. The van der Waals surface area contributed by atoms with Crippen LogP contribution in [0.4, 0.5) is 0 Å². The largest absolute Gasteiger partial charge is 0.496 e. The number of carbonyl (C=O) groups excluding carboxylic acids is 1. The van der Waals surface area contributed by atoms with Gasteiger partial charge in [0.2, 0.25) is 5.91 Å². The lowest BCUT2D eigenvalue weighted by Gasteiger charge is -2.33. The molecule has 1 fully saturated rings. The van der Waals surface area contributed by atoms with Crippen molar-refractivity contribution >= 4 is 5.91 Å². The summed E-state index contributed by atoms with van der Waals surface area (Å²) < 4.78 is 5.39. The van der Waals surface area contributed by atoms with E-state index in [2.05, 4.69) is 18.3 Å². The highest BCUT2D eigenvalue weighted by atomic mass is 16.5. The molecule has 0 spiro atoms. The van der Waals surface area contributed by atoms with Crippen molar-refractivity contribution < 1.29 is 9.53 Å². The number of likely N-dealkylation sites (N-methyl/N-ethyl adjacent to an activating group) is 1. The van der Waals surface area contributed by atoms with Crippen molar-refractivity contribution in [2.24, 2.45) is 5.92 Å². The predicted octanol–water partition coefficient (Wildman–Crippen LogP) is 2.47. The van der Waals surface area contributed by atoms with Crippen molar-refractivity contribution in [2.45, 2.75) is 38.6 Å². The molecular weight excluding hydrogens is 276 g/mol. The van der Waals surface area contributed by atoms with Crippen molar-refractivity contribution in [2.75, 3.05) is 27.2 Å². The van der Waals surface area contributed by atoms with E-state index in [-0.39, 0.29) is 5.91 Å². The lowest BCUT2D eigenvalue weighted by atomic mass is 9.96. The van der Waals surface area contributed by atoms with Gasteiger partial charge in [-0.3, -0.25) is 4.79 Å². The molecule has 1 heterocycles. The Balaban J connectivity index is 1.88. The maximum absolute atomic E-state index is 12.5. The van der Waals surface area contributed by atoms with E-state index in [0.717, 1.165) is 38.1 Å². The molecule has 4 nitrogen and oxygen atoms in total. The fraction of sp³-hybridized carbons (Fsp3) is 0.611. The highest BCUT2D eigenvalue weighted by molar-refractivity contribution is 5.76. The molecule has 2 atom stereocenters. The number of hydrogen-bond acceptors (Lipinski definition) is 3. The van der Waals surface area contributed by atoms with Gasteiger partial charge in [0.1, 0.15) is 5.75 Å². The number of likely N-dealkylation sites (tertiary alicyclic amines) is 1. The number of methoxy groups -OCH3 is 1. The van der Waals surface area contributed by atoms with Gasteiger partial charge in [-0.1, -0.05) is 25.1 Å². The van der Waals surface area contributed by atoms with E-state index in [1.165, 1.54) is 5.56 Å². The molecule has 1 aromatic carbocycles. The Kier molecular flexibility index (Phi) is 6.25. The first-order valence-corrected chi connectivity index (χ1v) is 8.21. The Hall–Kier alpha value is -1.55. The summed E-state index contributed by atoms with van der Waals surface area (Å²) in [5.74, 6) is 1.51. The Morgan fingerprint density at radius 2 is 2.23 bits per heavy atom. The Morgan fingerprint density at radius 3 is 2.95 bits per heavy atom. The zero-order valence-corrected chi connectivity index (χ0v) is 14.0. The lowest BCUT2D eigenvalue weighted by Crippen LogP contribution is -2.47. The average molecular weight is 304 g/mol. The second-order valence-electron chi connectivity index (χ2n) is 6.29. The van der Waals surface area contributed by atoms with E-state index in [1.807, 2.05) is 30.1 Å². The van der Waals surface area contributed by atoms with Gasteiger partial charge >= 0.3 is 0 Å². The van der Waals surface area contributed by atoms with Gasteiger partial charge in [0.15, 0.2) is 0 Å². The Bertz CT molecular complexity index is 490. The van der Waals surface area contributed by atoms with Crippen LogP contribution in [0.15, 0.2) is 24.3 Å². The van der Waals surface area contributed by atoms with Crippen molar-refractivity contribution in [1.82, 2.24) is 10.2 Å². The Labute approximate surface area is 133 Å². The monoisotopic (exact) mass is 304 g/mol. The number of piperidine rings is 1. The molecule has 22 heavy (non-hydrogen) atoms. The van der Waals surface area contributed by atoms with Crippen LogP contribution in [0, 0.1) is 5.92 Å². The molecule has 1 aliphatic heterocycles. The molecule has 1 N–H and O–H groups in total. The zero-order valence-electron chi connectivity index (χ0n) is 14.0. The zero-order chi connectivity index (χ0) is 15.9. The summed E-state index contributed by atoms with van der Waals surface area (Å²) in [6.07, 6.45) is 3.74. The number of hydrogen-bond donors (Lipinski definition) is 1. The number of carbonyl (C=O) groups is 1. The molecule has 1 amide bonds. The number of amides is 1. The van der Waals surface area contributed by atoms with E-state index in [1.54, 1.807) is 7.11 Å². The molecule has 2 rings (SSSR count). The second-order valence-corrected chi connectivity index (χ2v) is 6.29. The topological polar surface area (TPSA) is 41.6 Å². The standard InChI is InChI=1S/C18H28N2O2/c1-14(11-15-7-4-5-9-17(15)22-3)12-18(21)20-10-6-8-16(13-20)19-2/h4-5,7,9,14,16,19H,6,8,10-13H2,1-3H3. The maximum atomic E-state index is 12.5. The highest BCUT2D eigenvalue weighted by Gasteiger charge is 2.23. The molecule has 0 aliphatic carbocycles. The third-order valence-corrected chi connectivity index (χ3v) is 4.47. The first kappa shape index (κ1) is 16.8. The molecule has 0 aromatic heterocycles. The summed E-state index contributed by atoms with van der Waals surface area (Å²) in [5.41, 5.74) is 1.18. The quantitative estimate of drug-likeness (QED) is 0.878. The van der Waals surface area contributed by atoms with Crippen molar-refractivity contribution in [1.29, 1.82) is 0 Å². The van der Waals surface area contributed by atoms with Gasteiger partial charge in [-0.25, -0.2) is 0 Å². The molecule has 1 aromatic rings. The number of benzene rings is 1. The fourth-order valence-corrected chi connectivity index (χ4v) is 3.19. The van der Waals surface area contributed by atoms with Crippen LogP contribution in [0.2, 0.25) is 0 Å². The molecule has 0 saturated carbocycles. The number of nitrogens with one attached hydrogen (secondary N) is 1. The minimum atomic E-state index is 0.280. The molecule has 0 bridgehead atoms. The van der Waals surface area contributed by atoms with Gasteiger partial charge in [0.25, 0.3) is 0 Å². The van der Waals surface area contributed by atoms with Gasteiger partial charge in [0, 0.05) is 25.6 Å². The van der Waals surface area contributed by atoms with Gasteiger partial charge in [0.05, 0.1) is 7.11 Å². The van der Waals surface area contributed by atoms with Crippen LogP contribution in [0.3, 0.4) is 0 Å². The van der Waals surface area contributed by atoms with Crippen molar-refractivity contribution in [3.63, 3.8) is 0 Å². The third-order valence-electron chi connectivity index (χ3n) is 4.47. The number of rotatable bonds is 6. The van der Waals surface area contributed by atoms with Gasteiger partial charge in [-0.2, -0.15) is 0 Å². The first-order valence-electron chi connectivity index (χ1n) is 8.21. The van der Waals surface area contributed by atoms with Crippen LogP contribution in [-0.2, 0) is 11.2 Å². The van der Waals surface area contributed by atoms with E-state index in [4.69, 9.17) is 4.74 Å². The second kappa shape index (κ2) is 8.18. The summed E-state index contributed by atoms with van der Waals surface area (Å²) in [6, 6.07) is 8.50. The van der Waals surface area contributed by atoms with Crippen LogP contribution in [0.25, 0.3) is 0 Å². The highest BCUT2D eigenvalue weighted by Crippen LogP contribution is 2.23. The maximum Gasteiger partial charge on any atom is 0.222 e. The van der Waals surface area contributed by atoms with E-state index >= 15 is 0 Å². The first-order chi connectivity index (χ1) is 10.6. The van der Waals surface area contributed by atoms with Gasteiger partial charge < -0.3 is 15.0 Å². The van der Waals surface area contributed by atoms with Gasteiger partial charge in [-0.05, 0) is 43.9 Å². The summed E-state index contributed by atoms with van der Waals surface area (Å²) in [4.78, 5) is 14.5. The number of nitrogens with zero attached hydrogens (tertiary/aromatic N) is 1. The van der Waals surface area contributed by atoms with Crippen LogP contribution in [0.5, 0.6) is 5.75 Å². The smallest absolute Gasteiger partial charge is 0.222 e. The number of ether oxygens (including phenoxy) is 1. The molecule has 0 radical (unpaired) electrons. The summed E-state index contributed by atoms with van der Waals surface area (Å²) >= 11 is 0. The van der Waals surface area contributed by atoms with Crippen LogP contribution in [-0.4, -0.2) is 44.1 Å². The van der Waals surface area contributed by atoms with Crippen molar-refractivity contribution in [3.8, 4) is 5.75 Å². The van der Waals surface area contributed by atoms with Crippen LogP contribution in [0.1, 0.15) is 31.7 Å². The third kappa shape index (κ3) is 4.47. The van der Waals surface area contributed by atoms with E-state index in [0.29, 0.717) is 18.4 Å². The summed E-state index contributed by atoms with van der Waals surface area (Å²) in [5, 5.41) is 3.29. The average Bonchev–Trinajstić information content (AvgIpc) is 2.55. The van der Waals surface area contributed by atoms with Gasteiger partial charge in [-0.15, -0.1) is 0 Å².